The van der Waals surface area contributed by atoms with Crippen LogP contribution in [0.2, 0.25) is 0 Å². The van der Waals surface area contributed by atoms with Gasteiger partial charge in [0, 0.05) is 11.3 Å². The van der Waals surface area contributed by atoms with Gasteiger partial charge in [0.15, 0.2) is 0 Å². The number of benzene rings is 1. The summed E-state index contributed by atoms with van der Waals surface area (Å²) < 4.78 is 0. The molecule has 2 heteroatoms. The molecule has 0 spiro atoms. The van der Waals surface area contributed by atoms with E-state index in [0.717, 1.165) is 17.8 Å². The zero-order valence-corrected chi connectivity index (χ0v) is 12.5. The van der Waals surface area contributed by atoms with Crippen molar-refractivity contribution in [2.45, 2.75) is 53.5 Å². The number of hydrogen-bond acceptors (Lipinski definition) is 2. The Balaban J connectivity index is 3.24. The van der Waals surface area contributed by atoms with Crippen LogP contribution in [-0.4, -0.2) is 11.3 Å². The van der Waals surface area contributed by atoms with Crippen LogP contribution in [0.25, 0.3) is 0 Å². The standard InChI is InChI=1S/C16H26N2/c1-7-12(3)15(16(5,6)17)18-14-9-8-11(2)10-13(14)4/h8-10,12H,7,17H2,1-6H3. The SMILES string of the molecule is CCC(C)C(=Nc1ccc(C)cc1C)C(C)(C)N. The Labute approximate surface area is 111 Å². The van der Waals surface area contributed by atoms with E-state index in [1.165, 1.54) is 11.1 Å². The van der Waals surface area contributed by atoms with Crippen molar-refractivity contribution in [3.63, 3.8) is 0 Å². The molecule has 0 amide bonds. The second-order valence-electron chi connectivity index (χ2n) is 5.82. The maximum absolute atomic E-state index is 6.25. The average Bonchev–Trinajstić information content (AvgIpc) is 2.25. The molecule has 0 radical (unpaired) electrons. The first-order chi connectivity index (χ1) is 8.25. The summed E-state index contributed by atoms with van der Waals surface area (Å²) >= 11 is 0. The van der Waals surface area contributed by atoms with Gasteiger partial charge in [-0.1, -0.05) is 31.5 Å². The highest BCUT2D eigenvalue weighted by Crippen LogP contribution is 2.24. The highest BCUT2D eigenvalue weighted by Gasteiger charge is 2.24. The molecule has 0 bridgehead atoms. The highest BCUT2D eigenvalue weighted by molar-refractivity contribution is 5.96. The molecular formula is C16H26N2. The summed E-state index contributed by atoms with van der Waals surface area (Å²) in [5.41, 5.74) is 10.5. The van der Waals surface area contributed by atoms with Crippen LogP contribution in [0.5, 0.6) is 0 Å². The van der Waals surface area contributed by atoms with Crippen LogP contribution in [0, 0.1) is 19.8 Å². The summed E-state index contributed by atoms with van der Waals surface area (Å²) in [6, 6.07) is 6.35. The zero-order valence-electron chi connectivity index (χ0n) is 12.5. The minimum Gasteiger partial charge on any atom is -0.321 e. The van der Waals surface area contributed by atoms with E-state index in [4.69, 9.17) is 10.7 Å². The lowest BCUT2D eigenvalue weighted by atomic mass is 9.88. The number of nitrogens with zero attached hydrogens (tertiary/aromatic N) is 1. The van der Waals surface area contributed by atoms with Crippen molar-refractivity contribution < 1.29 is 0 Å². The quantitative estimate of drug-likeness (QED) is 0.796. The van der Waals surface area contributed by atoms with E-state index in [-0.39, 0.29) is 5.54 Å². The van der Waals surface area contributed by atoms with Crippen LogP contribution in [0.15, 0.2) is 23.2 Å². The minimum absolute atomic E-state index is 0.368. The molecule has 2 N–H and O–H groups in total. The molecule has 100 valence electrons. The van der Waals surface area contributed by atoms with Gasteiger partial charge in [0.25, 0.3) is 0 Å². The summed E-state index contributed by atoms with van der Waals surface area (Å²) in [5, 5.41) is 0. The van der Waals surface area contributed by atoms with Gasteiger partial charge >= 0.3 is 0 Å². The molecule has 0 aliphatic carbocycles. The molecule has 1 rings (SSSR count). The van der Waals surface area contributed by atoms with Gasteiger partial charge in [0.2, 0.25) is 0 Å². The third-order valence-electron chi connectivity index (χ3n) is 3.33. The molecule has 18 heavy (non-hydrogen) atoms. The Bertz CT molecular complexity index is 439. The molecule has 0 saturated carbocycles. The number of nitrogens with two attached hydrogens (primary N) is 1. The first kappa shape index (κ1) is 14.9. The van der Waals surface area contributed by atoms with E-state index in [2.05, 4.69) is 45.9 Å². The number of hydrogen-bond donors (Lipinski definition) is 1. The lowest BCUT2D eigenvalue weighted by Crippen LogP contribution is -2.44. The van der Waals surface area contributed by atoms with Crippen LogP contribution in [0.4, 0.5) is 5.69 Å². The fourth-order valence-electron chi connectivity index (χ4n) is 2.14. The predicted molar refractivity (Wildman–Crippen MR) is 80.7 cm³/mol. The van der Waals surface area contributed by atoms with Crippen molar-refractivity contribution in [1.82, 2.24) is 0 Å². The Kier molecular flexibility index (Phi) is 4.69. The normalized spacial score (nSPS) is 14.7. The van der Waals surface area contributed by atoms with Gasteiger partial charge in [-0.15, -0.1) is 0 Å². The minimum atomic E-state index is -0.368. The van der Waals surface area contributed by atoms with Crippen LogP contribution in [-0.2, 0) is 0 Å². The van der Waals surface area contributed by atoms with Gasteiger partial charge < -0.3 is 5.73 Å². The number of aliphatic imine (C=N–C) groups is 1. The molecule has 2 nitrogen and oxygen atoms in total. The molecular weight excluding hydrogens is 220 g/mol. The van der Waals surface area contributed by atoms with Gasteiger partial charge in [-0.3, -0.25) is 4.99 Å². The van der Waals surface area contributed by atoms with Crippen LogP contribution in [0.1, 0.15) is 45.2 Å². The molecule has 1 aromatic rings. The molecule has 1 unspecified atom stereocenters. The fourth-order valence-corrected chi connectivity index (χ4v) is 2.14. The number of rotatable bonds is 4. The van der Waals surface area contributed by atoms with Crippen molar-refractivity contribution in [3.05, 3.63) is 29.3 Å². The van der Waals surface area contributed by atoms with E-state index >= 15 is 0 Å². The van der Waals surface area contributed by atoms with Crippen molar-refractivity contribution in [1.29, 1.82) is 0 Å². The lowest BCUT2D eigenvalue weighted by molar-refractivity contribution is 0.617. The molecule has 0 saturated heterocycles. The first-order valence-corrected chi connectivity index (χ1v) is 6.71. The van der Waals surface area contributed by atoms with E-state index in [1.807, 2.05) is 13.8 Å². The predicted octanol–water partition coefficient (Wildman–Crippen LogP) is 4.16. The van der Waals surface area contributed by atoms with Crippen molar-refractivity contribution in [2.24, 2.45) is 16.6 Å². The topological polar surface area (TPSA) is 38.4 Å². The molecule has 0 aliphatic heterocycles. The van der Waals surface area contributed by atoms with Crippen LogP contribution in [0.3, 0.4) is 0 Å². The fraction of sp³-hybridized carbons (Fsp3) is 0.562. The Morgan fingerprint density at radius 3 is 2.39 bits per heavy atom. The third-order valence-corrected chi connectivity index (χ3v) is 3.33. The van der Waals surface area contributed by atoms with Gasteiger partial charge in [-0.25, -0.2) is 0 Å². The van der Waals surface area contributed by atoms with Gasteiger partial charge in [0.1, 0.15) is 0 Å². The molecule has 1 aromatic carbocycles. The highest BCUT2D eigenvalue weighted by atomic mass is 14.8. The van der Waals surface area contributed by atoms with Crippen molar-refractivity contribution in [2.75, 3.05) is 0 Å². The van der Waals surface area contributed by atoms with E-state index in [0.29, 0.717) is 5.92 Å². The average molecular weight is 246 g/mol. The van der Waals surface area contributed by atoms with Crippen molar-refractivity contribution >= 4 is 11.4 Å². The summed E-state index contributed by atoms with van der Waals surface area (Å²) in [7, 11) is 0. The van der Waals surface area contributed by atoms with E-state index in [1.54, 1.807) is 0 Å². The van der Waals surface area contributed by atoms with Gasteiger partial charge in [0.05, 0.1) is 5.69 Å². The second kappa shape index (κ2) is 5.66. The molecule has 0 fully saturated rings. The van der Waals surface area contributed by atoms with Crippen LogP contribution >= 0.6 is 0 Å². The third kappa shape index (κ3) is 3.67. The summed E-state index contributed by atoms with van der Waals surface area (Å²) in [6.45, 7) is 12.6. The van der Waals surface area contributed by atoms with Crippen LogP contribution < -0.4 is 5.73 Å². The smallest absolute Gasteiger partial charge is 0.0659 e. The largest absolute Gasteiger partial charge is 0.321 e. The second-order valence-corrected chi connectivity index (χ2v) is 5.82. The summed E-state index contributed by atoms with van der Waals surface area (Å²) in [6.07, 6.45) is 1.06. The van der Waals surface area contributed by atoms with Crippen molar-refractivity contribution in [3.8, 4) is 0 Å². The Morgan fingerprint density at radius 2 is 1.94 bits per heavy atom. The maximum Gasteiger partial charge on any atom is 0.0659 e. The van der Waals surface area contributed by atoms with Gasteiger partial charge in [-0.2, -0.15) is 0 Å². The van der Waals surface area contributed by atoms with E-state index in [9.17, 15) is 0 Å². The number of aryl methyl sites for hydroxylation is 2. The monoisotopic (exact) mass is 246 g/mol. The summed E-state index contributed by atoms with van der Waals surface area (Å²) in [4.78, 5) is 4.83. The summed E-state index contributed by atoms with van der Waals surface area (Å²) in [5.74, 6) is 0.408. The molecule has 0 heterocycles. The van der Waals surface area contributed by atoms with E-state index < -0.39 is 0 Å². The molecule has 1 atom stereocenters. The first-order valence-electron chi connectivity index (χ1n) is 6.71. The van der Waals surface area contributed by atoms with Gasteiger partial charge in [-0.05, 0) is 51.7 Å². The Hall–Kier alpha value is -1.15. The zero-order chi connectivity index (χ0) is 13.9. The molecule has 0 aromatic heterocycles. The Morgan fingerprint density at radius 1 is 1.33 bits per heavy atom. The maximum atomic E-state index is 6.25. The lowest BCUT2D eigenvalue weighted by Gasteiger charge is -2.26. The molecule has 0 aliphatic rings.